The molecule has 1 saturated carbocycles. The second-order valence-corrected chi connectivity index (χ2v) is 6.08. The van der Waals surface area contributed by atoms with Crippen LogP contribution in [-0.4, -0.2) is 53.9 Å². The van der Waals surface area contributed by atoms with Crippen LogP contribution in [0.3, 0.4) is 0 Å². The lowest BCUT2D eigenvalue weighted by Crippen LogP contribution is -2.68. The quantitative estimate of drug-likeness (QED) is 0.671. The first-order chi connectivity index (χ1) is 7.96. The zero-order valence-corrected chi connectivity index (χ0v) is 10.2. The number of likely N-dealkylation sites (tertiary alicyclic amines) is 1. The van der Waals surface area contributed by atoms with E-state index >= 15 is 0 Å². The van der Waals surface area contributed by atoms with Crippen LogP contribution >= 0.6 is 0 Å². The van der Waals surface area contributed by atoms with Crippen LogP contribution in [0.25, 0.3) is 0 Å². The second-order valence-electron chi connectivity index (χ2n) is 6.08. The number of ether oxygens (including phenoxy) is 1. The molecule has 2 unspecified atom stereocenters. The van der Waals surface area contributed by atoms with Crippen molar-refractivity contribution in [2.45, 2.75) is 31.4 Å². The summed E-state index contributed by atoms with van der Waals surface area (Å²) in [5, 5.41) is 10.2. The number of nitrogens with zero attached hydrogens (tertiary/aromatic N) is 1. The SMILES string of the molecule is CC1(C(=O)N2CC(O)(C3CC3)C2)COCC1N. The lowest BCUT2D eigenvalue weighted by molar-refractivity contribution is -0.169. The summed E-state index contributed by atoms with van der Waals surface area (Å²) in [6.45, 7) is 3.65. The molecule has 2 aliphatic heterocycles. The highest BCUT2D eigenvalue weighted by Gasteiger charge is 2.57. The van der Waals surface area contributed by atoms with Crippen LogP contribution in [0.5, 0.6) is 0 Å². The van der Waals surface area contributed by atoms with Crippen LogP contribution < -0.4 is 5.73 Å². The number of amides is 1. The number of hydrogen-bond acceptors (Lipinski definition) is 4. The van der Waals surface area contributed by atoms with Crippen molar-refractivity contribution in [1.29, 1.82) is 0 Å². The lowest BCUT2D eigenvalue weighted by Gasteiger charge is -2.49. The maximum absolute atomic E-state index is 12.3. The highest BCUT2D eigenvalue weighted by atomic mass is 16.5. The lowest BCUT2D eigenvalue weighted by atomic mass is 9.80. The Balaban J connectivity index is 1.65. The summed E-state index contributed by atoms with van der Waals surface area (Å²) in [4.78, 5) is 14.1. The van der Waals surface area contributed by atoms with Gasteiger partial charge in [0.05, 0.1) is 31.7 Å². The maximum Gasteiger partial charge on any atom is 0.232 e. The molecule has 5 nitrogen and oxygen atoms in total. The van der Waals surface area contributed by atoms with Crippen LogP contribution in [0.2, 0.25) is 0 Å². The topological polar surface area (TPSA) is 75.8 Å². The Morgan fingerprint density at radius 2 is 2.12 bits per heavy atom. The van der Waals surface area contributed by atoms with Crippen molar-refractivity contribution < 1.29 is 14.6 Å². The smallest absolute Gasteiger partial charge is 0.232 e. The van der Waals surface area contributed by atoms with Crippen LogP contribution in [0.15, 0.2) is 0 Å². The zero-order chi connectivity index (χ0) is 12.3. The van der Waals surface area contributed by atoms with Crippen LogP contribution in [0.4, 0.5) is 0 Å². The average Bonchev–Trinajstić information content (AvgIpc) is 3.03. The van der Waals surface area contributed by atoms with Crippen LogP contribution in [0.1, 0.15) is 19.8 Å². The van der Waals surface area contributed by atoms with Gasteiger partial charge < -0.3 is 20.5 Å². The Labute approximate surface area is 101 Å². The summed E-state index contributed by atoms with van der Waals surface area (Å²) in [5.41, 5.74) is 4.71. The number of hydrogen-bond donors (Lipinski definition) is 2. The molecule has 0 radical (unpaired) electrons. The molecular weight excluding hydrogens is 220 g/mol. The summed E-state index contributed by atoms with van der Waals surface area (Å²) >= 11 is 0. The van der Waals surface area contributed by atoms with Crippen molar-refractivity contribution in [3.05, 3.63) is 0 Å². The summed E-state index contributed by atoms with van der Waals surface area (Å²) in [5.74, 6) is 0.445. The summed E-state index contributed by atoms with van der Waals surface area (Å²) in [6.07, 6.45) is 2.19. The molecule has 96 valence electrons. The first-order valence-electron chi connectivity index (χ1n) is 6.31. The standard InChI is InChI=1S/C12H20N2O3/c1-11(7-17-4-9(11)13)10(15)14-5-12(16,6-14)8-2-3-8/h8-9,16H,2-7,13H2,1H3. The van der Waals surface area contributed by atoms with Crippen molar-refractivity contribution in [2.24, 2.45) is 17.1 Å². The minimum absolute atomic E-state index is 0.0350. The molecule has 3 rings (SSSR count). The van der Waals surface area contributed by atoms with Gasteiger partial charge in [-0.05, 0) is 25.7 Å². The third-order valence-electron chi connectivity index (χ3n) is 4.56. The minimum Gasteiger partial charge on any atom is -0.386 e. The Kier molecular flexibility index (Phi) is 2.31. The minimum atomic E-state index is -0.615. The number of rotatable bonds is 2. The molecule has 0 aromatic heterocycles. The number of aliphatic hydroxyl groups is 1. The van der Waals surface area contributed by atoms with Gasteiger partial charge in [0.15, 0.2) is 0 Å². The molecule has 0 spiro atoms. The first kappa shape index (κ1) is 11.4. The van der Waals surface area contributed by atoms with E-state index in [1.165, 1.54) is 0 Å². The van der Waals surface area contributed by atoms with Crippen LogP contribution in [-0.2, 0) is 9.53 Å². The molecule has 2 atom stereocenters. The average molecular weight is 240 g/mol. The highest BCUT2D eigenvalue weighted by Crippen LogP contribution is 2.45. The Morgan fingerprint density at radius 1 is 1.47 bits per heavy atom. The third kappa shape index (κ3) is 1.60. The molecule has 2 saturated heterocycles. The molecule has 0 aromatic carbocycles. The fraction of sp³-hybridized carbons (Fsp3) is 0.917. The fourth-order valence-corrected chi connectivity index (χ4v) is 2.91. The predicted molar refractivity (Wildman–Crippen MR) is 61.2 cm³/mol. The van der Waals surface area contributed by atoms with E-state index in [-0.39, 0.29) is 11.9 Å². The molecule has 1 aliphatic carbocycles. The van der Waals surface area contributed by atoms with Gasteiger partial charge in [-0.2, -0.15) is 0 Å². The first-order valence-corrected chi connectivity index (χ1v) is 6.31. The van der Waals surface area contributed by atoms with Gasteiger partial charge in [-0.1, -0.05) is 0 Å². The van der Waals surface area contributed by atoms with Gasteiger partial charge in [-0.3, -0.25) is 4.79 Å². The Hall–Kier alpha value is -0.650. The Morgan fingerprint density at radius 3 is 2.59 bits per heavy atom. The monoisotopic (exact) mass is 240 g/mol. The molecule has 3 N–H and O–H groups in total. The van der Waals surface area contributed by atoms with Gasteiger partial charge >= 0.3 is 0 Å². The van der Waals surface area contributed by atoms with E-state index in [1.807, 2.05) is 6.92 Å². The Bertz CT molecular complexity index is 350. The second kappa shape index (κ2) is 3.43. The molecule has 3 fully saturated rings. The normalized spacial score (nSPS) is 40.2. The maximum atomic E-state index is 12.3. The molecule has 2 heterocycles. The van der Waals surface area contributed by atoms with E-state index in [1.54, 1.807) is 4.90 Å². The van der Waals surface area contributed by atoms with E-state index < -0.39 is 11.0 Å². The zero-order valence-electron chi connectivity index (χ0n) is 10.2. The van der Waals surface area contributed by atoms with E-state index in [9.17, 15) is 9.90 Å². The van der Waals surface area contributed by atoms with Crippen molar-refractivity contribution in [2.75, 3.05) is 26.3 Å². The van der Waals surface area contributed by atoms with Crippen molar-refractivity contribution in [1.82, 2.24) is 4.90 Å². The third-order valence-corrected chi connectivity index (χ3v) is 4.56. The number of carbonyl (C=O) groups excluding carboxylic acids is 1. The van der Waals surface area contributed by atoms with Gasteiger partial charge in [0.2, 0.25) is 5.91 Å². The number of β-amino-alcohol motifs (C(OH)–C–C–N with tert-alkyl or cyclic N) is 1. The molecule has 1 amide bonds. The number of nitrogens with two attached hydrogens (primary N) is 1. The van der Waals surface area contributed by atoms with E-state index in [4.69, 9.17) is 10.5 Å². The molecule has 0 bridgehead atoms. The van der Waals surface area contributed by atoms with Crippen molar-refractivity contribution >= 4 is 5.91 Å². The largest absolute Gasteiger partial charge is 0.386 e. The van der Waals surface area contributed by atoms with E-state index in [2.05, 4.69) is 0 Å². The summed E-state index contributed by atoms with van der Waals surface area (Å²) in [6, 6.07) is -0.232. The van der Waals surface area contributed by atoms with Gasteiger partial charge in [0.25, 0.3) is 0 Å². The molecule has 17 heavy (non-hydrogen) atoms. The molecular formula is C12H20N2O3. The summed E-state index contributed by atoms with van der Waals surface area (Å²) in [7, 11) is 0. The van der Waals surface area contributed by atoms with E-state index in [0.717, 1.165) is 12.8 Å². The van der Waals surface area contributed by atoms with Crippen LogP contribution in [0, 0.1) is 11.3 Å². The number of carbonyl (C=O) groups is 1. The van der Waals surface area contributed by atoms with E-state index in [0.29, 0.717) is 32.2 Å². The van der Waals surface area contributed by atoms with Gasteiger partial charge in [0, 0.05) is 6.04 Å². The van der Waals surface area contributed by atoms with Crippen molar-refractivity contribution in [3.63, 3.8) is 0 Å². The molecule has 3 aliphatic rings. The fourth-order valence-electron chi connectivity index (χ4n) is 2.91. The molecule has 0 aromatic rings. The van der Waals surface area contributed by atoms with Crippen molar-refractivity contribution in [3.8, 4) is 0 Å². The van der Waals surface area contributed by atoms with Gasteiger partial charge in [0.1, 0.15) is 5.60 Å². The van der Waals surface area contributed by atoms with Gasteiger partial charge in [-0.25, -0.2) is 0 Å². The summed E-state index contributed by atoms with van der Waals surface area (Å²) < 4.78 is 5.29. The molecule has 5 heteroatoms. The highest BCUT2D eigenvalue weighted by molar-refractivity contribution is 5.84. The predicted octanol–water partition coefficient (Wildman–Crippen LogP) is -0.666. The van der Waals surface area contributed by atoms with Gasteiger partial charge in [-0.15, -0.1) is 0 Å².